The Balaban J connectivity index is 1.74. The van der Waals surface area contributed by atoms with Gasteiger partial charge in [0.1, 0.15) is 6.10 Å². The number of aryl methyl sites for hydroxylation is 1. The molecular formula is C16H22N6O2. The SMILES string of the molecule is CCn1cc(C(=O)N2CCO[C@@H](c3ccnc(N(C)C)n3)C2)cn1. The highest BCUT2D eigenvalue weighted by atomic mass is 16.5. The zero-order valence-corrected chi connectivity index (χ0v) is 14.2. The summed E-state index contributed by atoms with van der Waals surface area (Å²) in [5.41, 5.74) is 1.39. The van der Waals surface area contributed by atoms with Gasteiger partial charge in [0.2, 0.25) is 5.95 Å². The lowest BCUT2D eigenvalue weighted by Gasteiger charge is -2.32. The third-order valence-corrected chi connectivity index (χ3v) is 3.95. The van der Waals surface area contributed by atoms with E-state index in [4.69, 9.17) is 4.74 Å². The Kier molecular flexibility index (Phi) is 4.75. The van der Waals surface area contributed by atoms with Gasteiger partial charge in [-0.25, -0.2) is 9.97 Å². The van der Waals surface area contributed by atoms with E-state index in [1.807, 2.05) is 32.0 Å². The molecular weight excluding hydrogens is 308 g/mol. The molecule has 1 atom stereocenters. The van der Waals surface area contributed by atoms with Crippen LogP contribution in [0.15, 0.2) is 24.7 Å². The van der Waals surface area contributed by atoms with Crippen molar-refractivity contribution in [3.63, 3.8) is 0 Å². The average molecular weight is 330 g/mol. The van der Waals surface area contributed by atoms with Gasteiger partial charge in [-0.1, -0.05) is 0 Å². The van der Waals surface area contributed by atoms with Crippen molar-refractivity contribution in [1.82, 2.24) is 24.6 Å². The van der Waals surface area contributed by atoms with Crippen molar-refractivity contribution in [3.05, 3.63) is 35.9 Å². The van der Waals surface area contributed by atoms with E-state index in [9.17, 15) is 4.79 Å². The van der Waals surface area contributed by atoms with Crippen LogP contribution in [0.2, 0.25) is 0 Å². The van der Waals surface area contributed by atoms with Crippen molar-refractivity contribution in [1.29, 1.82) is 0 Å². The minimum atomic E-state index is -0.245. The Bertz CT molecular complexity index is 714. The average Bonchev–Trinajstić information content (AvgIpc) is 3.10. The Morgan fingerprint density at radius 3 is 3.00 bits per heavy atom. The van der Waals surface area contributed by atoms with Gasteiger partial charge in [-0.3, -0.25) is 9.48 Å². The molecule has 0 unspecified atom stereocenters. The van der Waals surface area contributed by atoms with Crippen molar-refractivity contribution in [2.24, 2.45) is 0 Å². The van der Waals surface area contributed by atoms with E-state index >= 15 is 0 Å². The molecule has 0 aromatic carbocycles. The minimum Gasteiger partial charge on any atom is -0.368 e. The molecule has 24 heavy (non-hydrogen) atoms. The van der Waals surface area contributed by atoms with Gasteiger partial charge in [-0.05, 0) is 13.0 Å². The number of rotatable bonds is 4. The first-order valence-electron chi connectivity index (χ1n) is 8.02. The van der Waals surface area contributed by atoms with Gasteiger partial charge >= 0.3 is 0 Å². The first kappa shape index (κ1) is 16.4. The summed E-state index contributed by atoms with van der Waals surface area (Å²) < 4.78 is 7.57. The van der Waals surface area contributed by atoms with Gasteiger partial charge in [0.05, 0.1) is 30.6 Å². The summed E-state index contributed by atoms with van der Waals surface area (Å²) in [5.74, 6) is 0.605. The molecule has 1 fully saturated rings. The number of morpholine rings is 1. The normalized spacial score (nSPS) is 17.8. The van der Waals surface area contributed by atoms with E-state index < -0.39 is 0 Å². The summed E-state index contributed by atoms with van der Waals surface area (Å²) in [5, 5.41) is 4.17. The number of anilines is 1. The van der Waals surface area contributed by atoms with E-state index in [0.717, 1.165) is 12.2 Å². The molecule has 3 heterocycles. The fraction of sp³-hybridized carbons (Fsp3) is 0.500. The van der Waals surface area contributed by atoms with Crippen LogP contribution in [-0.2, 0) is 11.3 Å². The molecule has 1 aliphatic heterocycles. The Morgan fingerprint density at radius 2 is 2.29 bits per heavy atom. The van der Waals surface area contributed by atoms with Gasteiger partial charge in [-0.15, -0.1) is 0 Å². The lowest BCUT2D eigenvalue weighted by molar-refractivity contribution is -0.0247. The van der Waals surface area contributed by atoms with Crippen LogP contribution in [0.25, 0.3) is 0 Å². The predicted octanol–water partition coefficient (Wildman–Crippen LogP) is 0.973. The fourth-order valence-corrected chi connectivity index (χ4v) is 2.60. The molecule has 0 aliphatic carbocycles. The van der Waals surface area contributed by atoms with Crippen LogP contribution in [0.1, 0.15) is 29.1 Å². The molecule has 1 saturated heterocycles. The molecule has 8 nitrogen and oxygen atoms in total. The van der Waals surface area contributed by atoms with Crippen LogP contribution in [0.4, 0.5) is 5.95 Å². The Hall–Kier alpha value is -2.48. The highest BCUT2D eigenvalue weighted by Gasteiger charge is 2.28. The van der Waals surface area contributed by atoms with Crippen LogP contribution < -0.4 is 4.90 Å². The summed E-state index contributed by atoms with van der Waals surface area (Å²) >= 11 is 0. The number of nitrogens with zero attached hydrogens (tertiary/aromatic N) is 6. The maximum absolute atomic E-state index is 12.7. The molecule has 0 N–H and O–H groups in total. The van der Waals surface area contributed by atoms with Crippen LogP contribution in [-0.4, -0.2) is 64.3 Å². The monoisotopic (exact) mass is 330 g/mol. The zero-order chi connectivity index (χ0) is 17.1. The Labute approximate surface area is 141 Å². The van der Waals surface area contributed by atoms with Gasteiger partial charge < -0.3 is 14.5 Å². The molecule has 0 spiro atoms. The third-order valence-electron chi connectivity index (χ3n) is 3.95. The molecule has 128 valence electrons. The predicted molar refractivity (Wildman–Crippen MR) is 88.9 cm³/mol. The first-order chi connectivity index (χ1) is 11.6. The van der Waals surface area contributed by atoms with Gasteiger partial charge in [0, 0.05) is 39.6 Å². The quantitative estimate of drug-likeness (QED) is 0.831. The van der Waals surface area contributed by atoms with Gasteiger partial charge in [0.15, 0.2) is 0 Å². The third kappa shape index (κ3) is 3.38. The number of carbonyl (C=O) groups excluding carboxylic acids is 1. The molecule has 1 amide bonds. The maximum Gasteiger partial charge on any atom is 0.257 e. The summed E-state index contributed by atoms with van der Waals surface area (Å²) in [4.78, 5) is 25.0. The molecule has 0 bridgehead atoms. The van der Waals surface area contributed by atoms with Crippen LogP contribution in [0.3, 0.4) is 0 Å². The molecule has 2 aromatic rings. The molecule has 0 saturated carbocycles. The second kappa shape index (κ2) is 6.96. The number of carbonyl (C=O) groups is 1. The molecule has 0 radical (unpaired) electrons. The highest BCUT2D eigenvalue weighted by Crippen LogP contribution is 2.22. The van der Waals surface area contributed by atoms with Crippen LogP contribution in [0, 0.1) is 0 Å². The molecule has 2 aromatic heterocycles. The fourth-order valence-electron chi connectivity index (χ4n) is 2.60. The molecule has 1 aliphatic rings. The lowest BCUT2D eigenvalue weighted by Crippen LogP contribution is -2.42. The number of aromatic nitrogens is 4. The summed E-state index contributed by atoms with van der Waals surface area (Å²) in [6.45, 7) is 4.26. The lowest BCUT2D eigenvalue weighted by atomic mass is 10.2. The van der Waals surface area contributed by atoms with Crippen molar-refractivity contribution in [2.45, 2.75) is 19.6 Å². The largest absolute Gasteiger partial charge is 0.368 e. The van der Waals surface area contributed by atoms with Gasteiger partial charge in [0.25, 0.3) is 5.91 Å². The number of amides is 1. The van der Waals surface area contributed by atoms with Gasteiger partial charge in [-0.2, -0.15) is 5.10 Å². The first-order valence-corrected chi connectivity index (χ1v) is 8.02. The number of ether oxygens (including phenoxy) is 1. The second-order valence-corrected chi connectivity index (χ2v) is 5.87. The van der Waals surface area contributed by atoms with E-state index in [1.54, 1.807) is 28.2 Å². The molecule has 8 heteroatoms. The number of hydrogen-bond acceptors (Lipinski definition) is 6. The van der Waals surface area contributed by atoms with E-state index in [2.05, 4.69) is 15.1 Å². The summed E-state index contributed by atoms with van der Waals surface area (Å²) in [7, 11) is 3.78. The van der Waals surface area contributed by atoms with Crippen molar-refractivity contribution in [3.8, 4) is 0 Å². The standard InChI is InChI=1S/C16H22N6O2/c1-4-22-10-12(9-18-22)15(23)21-7-8-24-14(11-21)13-5-6-17-16(19-13)20(2)3/h5-6,9-10,14H,4,7-8,11H2,1-3H3/t14-/m1/s1. The van der Waals surface area contributed by atoms with Crippen molar-refractivity contribution in [2.75, 3.05) is 38.7 Å². The van der Waals surface area contributed by atoms with Crippen LogP contribution >= 0.6 is 0 Å². The van der Waals surface area contributed by atoms with E-state index in [0.29, 0.717) is 31.2 Å². The summed E-state index contributed by atoms with van der Waals surface area (Å²) in [6.07, 6.45) is 4.87. The van der Waals surface area contributed by atoms with Crippen LogP contribution in [0.5, 0.6) is 0 Å². The molecule has 3 rings (SSSR count). The smallest absolute Gasteiger partial charge is 0.257 e. The minimum absolute atomic E-state index is 0.0233. The van der Waals surface area contributed by atoms with E-state index in [1.165, 1.54) is 0 Å². The van der Waals surface area contributed by atoms with Crippen molar-refractivity contribution >= 4 is 11.9 Å². The van der Waals surface area contributed by atoms with Crippen molar-refractivity contribution < 1.29 is 9.53 Å². The zero-order valence-electron chi connectivity index (χ0n) is 14.2. The van der Waals surface area contributed by atoms with E-state index in [-0.39, 0.29) is 12.0 Å². The number of hydrogen-bond donors (Lipinski definition) is 0. The summed E-state index contributed by atoms with van der Waals surface area (Å²) in [6, 6.07) is 1.83. The topological polar surface area (TPSA) is 76.4 Å². The second-order valence-electron chi connectivity index (χ2n) is 5.87. The Morgan fingerprint density at radius 1 is 1.46 bits per heavy atom. The maximum atomic E-state index is 12.7. The highest BCUT2D eigenvalue weighted by molar-refractivity contribution is 5.93.